The van der Waals surface area contributed by atoms with E-state index < -0.39 is 10.0 Å². The van der Waals surface area contributed by atoms with Crippen molar-refractivity contribution < 1.29 is 13.2 Å². The number of rotatable bonds is 5. The van der Waals surface area contributed by atoms with Gasteiger partial charge >= 0.3 is 0 Å². The molecule has 1 aliphatic heterocycles. The van der Waals surface area contributed by atoms with Gasteiger partial charge in [-0.15, -0.1) is 0 Å². The molecule has 2 N–H and O–H groups in total. The molecule has 0 fully saturated rings. The fourth-order valence-electron chi connectivity index (χ4n) is 3.29. The van der Waals surface area contributed by atoms with Crippen LogP contribution in [-0.4, -0.2) is 38.3 Å². The monoisotopic (exact) mass is 373 g/mol. The molecule has 2 aromatic rings. The van der Waals surface area contributed by atoms with Crippen LogP contribution in [0.1, 0.15) is 29.8 Å². The first-order chi connectivity index (χ1) is 12.4. The number of nitrogens with zero attached hydrogens (tertiary/aromatic N) is 2. The lowest BCUT2D eigenvalue weighted by atomic mass is 10.1. The quantitative estimate of drug-likeness (QED) is 0.816. The van der Waals surface area contributed by atoms with E-state index in [1.54, 1.807) is 47.4 Å². The highest BCUT2D eigenvalue weighted by atomic mass is 32.2. The molecule has 3 rings (SSSR count). The number of carbonyl (C=O) groups excluding carboxylic acids is 1. The number of hydrogen-bond acceptors (Lipinski definition) is 4. The first kappa shape index (κ1) is 18.4. The molecule has 0 saturated carbocycles. The van der Waals surface area contributed by atoms with Crippen LogP contribution in [-0.2, 0) is 16.4 Å². The molecule has 0 radical (unpaired) electrons. The van der Waals surface area contributed by atoms with Gasteiger partial charge in [-0.3, -0.25) is 4.79 Å². The van der Waals surface area contributed by atoms with Gasteiger partial charge in [0.15, 0.2) is 0 Å². The summed E-state index contributed by atoms with van der Waals surface area (Å²) in [7, 11) is -3.50. The van der Waals surface area contributed by atoms with Gasteiger partial charge in [0.1, 0.15) is 0 Å². The number of carbonyl (C=O) groups is 1. The van der Waals surface area contributed by atoms with E-state index in [1.807, 2.05) is 13.8 Å². The molecular weight excluding hydrogens is 350 g/mol. The molecule has 0 spiro atoms. The Kier molecular flexibility index (Phi) is 5.02. The molecule has 0 aliphatic carbocycles. The van der Waals surface area contributed by atoms with Crippen LogP contribution < -0.4 is 10.6 Å². The summed E-state index contributed by atoms with van der Waals surface area (Å²) < 4.78 is 26.8. The van der Waals surface area contributed by atoms with Crippen LogP contribution in [0.3, 0.4) is 0 Å². The first-order valence-electron chi connectivity index (χ1n) is 8.69. The molecular formula is C19H23N3O3S. The highest BCUT2D eigenvalue weighted by Gasteiger charge is 2.29. The third kappa shape index (κ3) is 3.20. The number of nitrogens with two attached hydrogens (primary N) is 1. The van der Waals surface area contributed by atoms with Crippen LogP contribution in [0.15, 0.2) is 47.4 Å². The normalized spacial score (nSPS) is 13.9. The second-order valence-electron chi connectivity index (χ2n) is 6.21. The third-order valence-corrected chi connectivity index (χ3v) is 6.71. The number of hydrogen-bond donors (Lipinski definition) is 1. The summed E-state index contributed by atoms with van der Waals surface area (Å²) in [6.07, 6.45) is 0.630. The van der Waals surface area contributed by atoms with Gasteiger partial charge in [0.2, 0.25) is 10.0 Å². The van der Waals surface area contributed by atoms with Crippen molar-refractivity contribution in [1.82, 2.24) is 4.31 Å². The SMILES string of the molecule is CCN(CC)S(=O)(=O)c1ccc2c(c1)CCN2C(=O)c1cccc(N)c1. The standard InChI is InChI=1S/C19H23N3O3S/c1-3-21(4-2)26(24,25)17-8-9-18-14(13-17)10-11-22(18)19(23)15-6-5-7-16(20)12-15/h5-9,12-13H,3-4,10-11,20H2,1-2H3. The molecule has 0 bridgehead atoms. The predicted molar refractivity (Wildman–Crippen MR) is 103 cm³/mol. The second-order valence-corrected chi connectivity index (χ2v) is 8.15. The lowest BCUT2D eigenvalue weighted by Crippen LogP contribution is -2.30. The summed E-state index contributed by atoms with van der Waals surface area (Å²) >= 11 is 0. The van der Waals surface area contributed by atoms with E-state index in [9.17, 15) is 13.2 Å². The van der Waals surface area contributed by atoms with Crippen molar-refractivity contribution in [2.75, 3.05) is 30.3 Å². The zero-order valence-electron chi connectivity index (χ0n) is 15.0. The summed E-state index contributed by atoms with van der Waals surface area (Å²) in [6, 6.07) is 11.9. The molecule has 138 valence electrons. The van der Waals surface area contributed by atoms with Crippen LogP contribution >= 0.6 is 0 Å². The van der Waals surface area contributed by atoms with Gasteiger partial charge < -0.3 is 10.6 Å². The number of amides is 1. The minimum absolute atomic E-state index is 0.129. The van der Waals surface area contributed by atoms with Crippen LogP contribution in [0.25, 0.3) is 0 Å². The van der Waals surface area contributed by atoms with Gasteiger partial charge in [0.05, 0.1) is 4.90 Å². The summed E-state index contributed by atoms with van der Waals surface area (Å²) in [4.78, 5) is 14.7. The summed E-state index contributed by atoms with van der Waals surface area (Å²) in [5.41, 5.74) is 8.46. The Hall–Kier alpha value is -2.38. The smallest absolute Gasteiger partial charge is 0.258 e. The average molecular weight is 373 g/mol. The molecule has 0 unspecified atom stereocenters. The van der Waals surface area contributed by atoms with Crippen molar-refractivity contribution in [3.8, 4) is 0 Å². The second kappa shape index (κ2) is 7.09. The van der Waals surface area contributed by atoms with Crippen molar-refractivity contribution >= 4 is 27.3 Å². The van der Waals surface area contributed by atoms with E-state index in [0.717, 1.165) is 11.3 Å². The van der Waals surface area contributed by atoms with Gasteiger partial charge in [-0.05, 0) is 48.4 Å². The van der Waals surface area contributed by atoms with Crippen LogP contribution in [0, 0.1) is 0 Å². The lowest BCUT2D eigenvalue weighted by molar-refractivity contribution is 0.0989. The van der Waals surface area contributed by atoms with Crippen molar-refractivity contribution in [1.29, 1.82) is 0 Å². The topological polar surface area (TPSA) is 83.7 Å². The Balaban J connectivity index is 1.93. The maximum Gasteiger partial charge on any atom is 0.258 e. The number of anilines is 2. The van der Waals surface area contributed by atoms with E-state index in [1.165, 1.54) is 4.31 Å². The minimum Gasteiger partial charge on any atom is -0.399 e. The van der Waals surface area contributed by atoms with Crippen LogP contribution in [0.2, 0.25) is 0 Å². The molecule has 1 heterocycles. The molecule has 2 aromatic carbocycles. The highest BCUT2D eigenvalue weighted by Crippen LogP contribution is 2.32. The Morgan fingerprint density at radius 3 is 2.54 bits per heavy atom. The van der Waals surface area contributed by atoms with Crippen molar-refractivity contribution in [3.05, 3.63) is 53.6 Å². The van der Waals surface area contributed by atoms with Crippen LogP contribution in [0.4, 0.5) is 11.4 Å². The summed E-state index contributed by atoms with van der Waals surface area (Å²) in [6.45, 7) is 5.02. The summed E-state index contributed by atoms with van der Waals surface area (Å²) in [5.74, 6) is -0.129. The van der Waals surface area contributed by atoms with Gasteiger partial charge in [-0.25, -0.2) is 8.42 Å². The minimum atomic E-state index is -3.50. The first-order valence-corrected chi connectivity index (χ1v) is 10.1. The number of benzene rings is 2. The lowest BCUT2D eigenvalue weighted by Gasteiger charge is -2.20. The molecule has 0 saturated heterocycles. The van der Waals surface area contributed by atoms with Crippen molar-refractivity contribution in [2.45, 2.75) is 25.2 Å². The average Bonchev–Trinajstić information content (AvgIpc) is 3.05. The Labute approximate surface area is 154 Å². The zero-order valence-corrected chi connectivity index (χ0v) is 15.8. The third-order valence-electron chi connectivity index (χ3n) is 4.67. The van der Waals surface area contributed by atoms with E-state index >= 15 is 0 Å². The molecule has 6 nitrogen and oxygen atoms in total. The fraction of sp³-hybridized carbons (Fsp3) is 0.316. The van der Waals surface area contributed by atoms with E-state index in [2.05, 4.69) is 0 Å². The van der Waals surface area contributed by atoms with E-state index in [0.29, 0.717) is 37.3 Å². The predicted octanol–water partition coefficient (Wildman–Crippen LogP) is 2.50. The van der Waals surface area contributed by atoms with Gasteiger partial charge in [-0.2, -0.15) is 4.31 Å². The molecule has 7 heteroatoms. The summed E-state index contributed by atoms with van der Waals surface area (Å²) in [5, 5.41) is 0. The number of fused-ring (bicyclic) bond motifs is 1. The molecule has 1 amide bonds. The van der Waals surface area contributed by atoms with Gasteiger partial charge in [-0.1, -0.05) is 19.9 Å². The maximum absolute atomic E-state index is 12.8. The molecule has 26 heavy (non-hydrogen) atoms. The Morgan fingerprint density at radius 2 is 1.88 bits per heavy atom. The maximum atomic E-state index is 12.8. The zero-order chi connectivity index (χ0) is 18.9. The number of sulfonamides is 1. The largest absolute Gasteiger partial charge is 0.399 e. The van der Waals surface area contributed by atoms with Gasteiger partial charge in [0, 0.05) is 36.6 Å². The molecule has 0 atom stereocenters. The van der Waals surface area contributed by atoms with Crippen molar-refractivity contribution in [2.24, 2.45) is 0 Å². The van der Waals surface area contributed by atoms with E-state index in [4.69, 9.17) is 5.73 Å². The Bertz CT molecular complexity index is 937. The van der Waals surface area contributed by atoms with Crippen LogP contribution in [0.5, 0.6) is 0 Å². The molecule has 0 aromatic heterocycles. The van der Waals surface area contributed by atoms with E-state index in [-0.39, 0.29) is 10.8 Å². The fourth-order valence-corrected chi connectivity index (χ4v) is 4.80. The highest BCUT2D eigenvalue weighted by molar-refractivity contribution is 7.89. The molecule has 1 aliphatic rings. The van der Waals surface area contributed by atoms with Crippen molar-refractivity contribution in [3.63, 3.8) is 0 Å². The number of nitrogen functional groups attached to an aromatic ring is 1. The van der Waals surface area contributed by atoms with Gasteiger partial charge in [0.25, 0.3) is 5.91 Å². The Morgan fingerprint density at radius 1 is 1.15 bits per heavy atom.